The second kappa shape index (κ2) is 6.13. The number of primary amides is 1. The summed E-state index contributed by atoms with van der Waals surface area (Å²) >= 11 is 1.40. The van der Waals surface area contributed by atoms with Crippen LogP contribution in [0.15, 0.2) is 16.8 Å². The topological polar surface area (TPSA) is 101 Å². The Bertz CT molecular complexity index is 736. The van der Waals surface area contributed by atoms with Gasteiger partial charge in [0, 0.05) is 30.1 Å². The molecule has 3 heterocycles. The summed E-state index contributed by atoms with van der Waals surface area (Å²) in [6.07, 6.45) is 2.14. The van der Waals surface area contributed by atoms with Gasteiger partial charge in [-0.05, 0) is 25.8 Å². The van der Waals surface area contributed by atoms with Crippen molar-refractivity contribution in [2.75, 3.05) is 11.9 Å². The molecule has 0 spiro atoms. The van der Waals surface area contributed by atoms with Crippen LogP contribution in [0, 0.1) is 0 Å². The van der Waals surface area contributed by atoms with Gasteiger partial charge in [-0.25, -0.2) is 0 Å². The van der Waals surface area contributed by atoms with Gasteiger partial charge in [-0.1, -0.05) is 5.16 Å². The Morgan fingerprint density at radius 3 is 2.87 bits per heavy atom. The molecule has 0 atom stereocenters. The number of nitrogens with one attached hydrogen (secondary N) is 1. The van der Waals surface area contributed by atoms with Crippen molar-refractivity contribution in [1.82, 2.24) is 10.1 Å². The third-order valence-corrected chi connectivity index (χ3v) is 5.08. The molecule has 0 unspecified atom stereocenters. The van der Waals surface area contributed by atoms with E-state index in [0.29, 0.717) is 16.6 Å². The van der Waals surface area contributed by atoms with E-state index in [9.17, 15) is 9.59 Å². The van der Waals surface area contributed by atoms with E-state index in [2.05, 4.69) is 29.2 Å². The number of nitrogens with two attached hydrogens (primary N) is 1. The minimum atomic E-state index is -0.520. The van der Waals surface area contributed by atoms with Crippen molar-refractivity contribution >= 4 is 28.2 Å². The summed E-state index contributed by atoms with van der Waals surface area (Å²) in [5.41, 5.74) is 6.91. The molecule has 0 saturated heterocycles. The fraction of sp³-hybridized carbons (Fsp3) is 0.400. The SMILES string of the molecule is CC(C)N1CCc2c(sc(NC(=O)c3ccno3)c2C(N)=O)C1. The van der Waals surface area contributed by atoms with E-state index in [1.807, 2.05) is 0 Å². The Labute approximate surface area is 137 Å². The summed E-state index contributed by atoms with van der Waals surface area (Å²) in [5, 5.41) is 6.71. The van der Waals surface area contributed by atoms with Crippen LogP contribution < -0.4 is 11.1 Å². The zero-order valence-corrected chi connectivity index (χ0v) is 13.8. The molecule has 0 aliphatic carbocycles. The molecule has 0 fully saturated rings. The van der Waals surface area contributed by atoms with E-state index in [4.69, 9.17) is 10.3 Å². The molecule has 2 aromatic heterocycles. The number of hydrogen-bond acceptors (Lipinski definition) is 6. The second-order valence-corrected chi connectivity index (χ2v) is 6.82. The lowest BCUT2D eigenvalue weighted by Gasteiger charge is -2.30. The zero-order valence-electron chi connectivity index (χ0n) is 13.0. The summed E-state index contributed by atoms with van der Waals surface area (Å²) < 4.78 is 4.84. The van der Waals surface area contributed by atoms with Crippen molar-refractivity contribution in [2.45, 2.75) is 32.9 Å². The number of hydrogen-bond donors (Lipinski definition) is 2. The predicted octanol–water partition coefficient (Wildman–Crippen LogP) is 1.85. The molecule has 1 aliphatic heterocycles. The molecule has 122 valence electrons. The maximum absolute atomic E-state index is 12.1. The molecule has 0 saturated carbocycles. The van der Waals surface area contributed by atoms with E-state index >= 15 is 0 Å². The molecule has 2 aromatic rings. The van der Waals surface area contributed by atoms with E-state index in [1.165, 1.54) is 23.6 Å². The number of aromatic nitrogens is 1. The van der Waals surface area contributed by atoms with Crippen LogP contribution in [0.1, 0.15) is 45.2 Å². The van der Waals surface area contributed by atoms with E-state index in [0.717, 1.165) is 30.0 Å². The molecule has 0 radical (unpaired) electrons. The summed E-state index contributed by atoms with van der Waals surface area (Å²) in [4.78, 5) is 27.4. The number of anilines is 1. The maximum Gasteiger partial charge on any atom is 0.294 e. The van der Waals surface area contributed by atoms with E-state index in [1.54, 1.807) is 0 Å². The highest BCUT2D eigenvalue weighted by Crippen LogP contribution is 2.37. The van der Waals surface area contributed by atoms with Crippen molar-refractivity contribution < 1.29 is 14.1 Å². The summed E-state index contributed by atoms with van der Waals surface area (Å²) in [6, 6.07) is 1.89. The first-order chi connectivity index (χ1) is 11.0. The molecule has 2 amide bonds. The third kappa shape index (κ3) is 2.99. The Kier molecular flexibility index (Phi) is 4.18. The zero-order chi connectivity index (χ0) is 16.6. The Morgan fingerprint density at radius 2 is 2.26 bits per heavy atom. The first kappa shape index (κ1) is 15.7. The average Bonchev–Trinajstić information content (AvgIpc) is 3.13. The minimum Gasteiger partial charge on any atom is -0.365 e. The molecule has 0 bridgehead atoms. The number of nitrogens with zero attached hydrogens (tertiary/aromatic N) is 2. The van der Waals surface area contributed by atoms with Crippen LogP contribution in [0.5, 0.6) is 0 Å². The quantitative estimate of drug-likeness (QED) is 0.888. The van der Waals surface area contributed by atoms with Gasteiger partial charge in [0.25, 0.3) is 11.8 Å². The van der Waals surface area contributed by atoms with Gasteiger partial charge in [-0.3, -0.25) is 14.5 Å². The van der Waals surface area contributed by atoms with Crippen LogP contribution in [0.2, 0.25) is 0 Å². The van der Waals surface area contributed by atoms with Crippen LogP contribution in [0.4, 0.5) is 5.00 Å². The van der Waals surface area contributed by atoms with Gasteiger partial charge in [-0.15, -0.1) is 11.3 Å². The highest BCUT2D eigenvalue weighted by molar-refractivity contribution is 7.17. The minimum absolute atomic E-state index is 0.0931. The van der Waals surface area contributed by atoms with Crippen LogP contribution in [-0.2, 0) is 13.0 Å². The van der Waals surface area contributed by atoms with E-state index in [-0.39, 0.29) is 5.76 Å². The second-order valence-electron chi connectivity index (χ2n) is 5.72. The van der Waals surface area contributed by atoms with Gasteiger partial charge in [0.15, 0.2) is 0 Å². The lowest BCUT2D eigenvalue weighted by atomic mass is 10.0. The fourth-order valence-electron chi connectivity index (χ4n) is 2.71. The smallest absolute Gasteiger partial charge is 0.294 e. The lowest BCUT2D eigenvalue weighted by Crippen LogP contribution is -2.35. The molecular weight excluding hydrogens is 316 g/mol. The number of rotatable bonds is 4. The first-order valence-electron chi connectivity index (χ1n) is 7.37. The molecule has 8 heteroatoms. The monoisotopic (exact) mass is 334 g/mol. The predicted molar refractivity (Wildman–Crippen MR) is 86.5 cm³/mol. The highest BCUT2D eigenvalue weighted by Gasteiger charge is 2.28. The number of amides is 2. The lowest BCUT2D eigenvalue weighted by molar-refractivity contribution is 0.0988. The third-order valence-electron chi connectivity index (χ3n) is 3.95. The summed E-state index contributed by atoms with van der Waals surface area (Å²) in [6.45, 7) is 5.91. The van der Waals surface area contributed by atoms with Crippen LogP contribution in [0.25, 0.3) is 0 Å². The normalized spacial score (nSPS) is 14.7. The van der Waals surface area contributed by atoms with Gasteiger partial charge in [0.05, 0.1) is 11.8 Å². The maximum atomic E-state index is 12.1. The summed E-state index contributed by atoms with van der Waals surface area (Å²) in [5.74, 6) is -0.867. The van der Waals surface area contributed by atoms with Gasteiger partial charge in [0.1, 0.15) is 5.00 Å². The van der Waals surface area contributed by atoms with Gasteiger partial charge in [0.2, 0.25) is 5.76 Å². The Hall–Kier alpha value is -2.19. The standard InChI is InChI=1S/C15H18N4O3S/c1-8(2)19-6-4-9-11(7-19)23-15(12(9)13(16)20)18-14(21)10-3-5-17-22-10/h3,5,8H,4,6-7H2,1-2H3,(H2,16,20)(H,18,21). The molecule has 23 heavy (non-hydrogen) atoms. The number of carbonyl (C=O) groups is 2. The Morgan fingerprint density at radius 1 is 1.48 bits per heavy atom. The molecule has 3 N–H and O–H groups in total. The molecule has 7 nitrogen and oxygen atoms in total. The average molecular weight is 334 g/mol. The van der Waals surface area contributed by atoms with Crippen LogP contribution in [0.3, 0.4) is 0 Å². The molecular formula is C15H18N4O3S. The number of thiophene rings is 1. The van der Waals surface area contributed by atoms with Crippen LogP contribution in [-0.4, -0.2) is 34.5 Å². The van der Waals surface area contributed by atoms with Crippen molar-refractivity contribution in [3.8, 4) is 0 Å². The number of carbonyl (C=O) groups excluding carboxylic acids is 2. The van der Waals surface area contributed by atoms with E-state index < -0.39 is 11.8 Å². The molecule has 3 rings (SSSR count). The summed E-state index contributed by atoms with van der Waals surface area (Å²) in [7, 11) is 0. The van der Waals surface area contributed by atoms with Gasteiger partial charge in [-0.2, -0.15) is 0 Å². The molecule has 1 aliphatic rings. The highest BCUT2D eigenvalue weighted by atomic mass is 32.1. The fourth-order valence-corrected chi connectivity index (χ4v) is 3.98. The van der Waals surface area contributed by atoms with Crippen molar-refractivity contribution in [3.63, 3.8) is 0 Å². The largest absolute Gasteiger partial charge is 0.365 e. The Balaban J connectivity index is 1.92. The number of fused-ring (bicyclic) bond motifs is 1. The van der Waals surface area contributed by atoms with Gasteiger partial charge < -0.3 is 15.6 Å². The van der Waals surface area contributed by atoms with Crippen molar-refractivity contribution in [1.29, 1.82) is 0 Å². The molecule has 0 aromatic carbocycles. The van der Waals surface area contributed by atoms with Crippen molar-refractivity contribution in [2.24, 2.45) is 5.73 Å². The van der Waals surface area contributed by atoms with Gasteiger partial charge >= 0.3 is 0 Å². The van der Waals surface area contributed by atoms with Crippen molar-refractivity contribution in [3.05, 3.63) is 34.0 Å². The van der Waals surface area contributed by atoms with Crippen LogP contribution >= 0.6 is 11.3 Å². The first-order valence-corrected chi connectivity index (χ1v) is 8.19.